The van der Waals surface area contributed by atoms with Crippen LogP contribution in [0.4, 0.5) is 5.13 Å². The van der Waals surface area contributed by atoms with Crippen molar-refractivity contribution in [2.75, 3.05) is 11.5 Å². The predicted molar refractivity (Wildman–Crippen MR) is 139 cm³/mol. The number of nitrogens with two attached hydrogens (primary N) is 1. The normalized spacial score (nSPS) is 19.3. The number of phenols is 2. The van der Waals surface area contributed by atoms with Crippen molar-refractivity contribution in [1.29, 1.82) is 0 Å². The van der Waals surface area contributed by atoms with Crippen LogP contribution >= 0.6 is 23.1 Å². The van der Waals surface area contributed by atoms with Crippen LogP contribution in [0.5, 0.6) is 11.5 Å². The minimum atomic E-state index is -1.78. The number of β-lactam (4-membered cyclic amide) rings is 1. The van der Waals surface area contributed by atoms with Gasteiger partial charge in [-0.2, -0.15) is 0 Å². The lowest BCUT2D eigenvalue weighted by molar-refractivity contribution is -0.161. The van der Waals surface area contributed by atoms with Gasteiger partial charge >= 0.3 is 11.9 Å². The number of nitrogens with one attached hydrogen (secondary N) is 1. The Balaban J connectivity index is 1.56. The second kappa shape index (κ2) is 10.5. The van der Waals surface area contributed by atoms with Crippen molar-refractivity contribution < 1.29 is 44.4 Å². The van der Waals surface area contributed by atoms with Gasteiger partial charge in [0.25, 0.3) is 11.8 Å². The van der Waals surface area contributed by atoms with E-state index in [4.69, 9.17) is 10.6 Å². The standard InChI is InChI=1S/C23H23N5O9S2/c1-23(2,21(35)36)37-27-14(11-8-39-22(24)25-11)17(31)26-15-18(32)28-16(20(33)34)10(7-38-19(15)28)5-9-3-4-12(29)13(30)6-9/h3-4,6,8,15,19,29-30H,5,7H2,1-2H3,(H2,24,25)(H,26,31)(H,33,34)(H,35,36)/t15?,19-/m0/s1. The van der Waals surface area contributed by atoms with Crippen LogP contribution in [0.25, 0.3) is 0 Å². The summed E-state index contributed by atoms with van der Waals surface area (Å²) < 4.78 is 0. The fraction of sp³-hybridized carbons (Fsp3) is 0.304. The quantitative estimate of drug-likeness (QED) is 0.105. The van der Waals surface area contributed by atoms with Crippen LogP contribution in [-0.4, -0.2) is 82.5 Å². The average Bonchev–Trinajstić information content (AvgIpc) is 3.29. The molecule has 2 aromatic rings. The van der Waals surface area contributed by atoms with Crippen LogP contribution in [0.3, 0.4) is 0 Å². The number of aromatic nitrogens is 1. The molecule has 2 amide bonds. The summed E-state index contributed by atoms with van der Waals surface area (Å²) in [7, 11) is 0. The summed E-state index contributed by atoms with van der Waals surface area (Å²) in [5.41, 5.74) is 4.19. The molecule has 1 aromatic carbocycles. The fourth-order valence-corrected chi connectivity index (χ4v) is 5.65. The molecule has 39 heavy (non-hydrogen) atoms. The number of aromatic hydroxyl groups is 2. The van der Waals surface area contributed by atoms with E-state index in [0.717, 1.165) is 16.2 Å². The molecule has 1 fully saturated rings. The molecule has 14 nitrogen and oxygen atoms in total. The van der Waals surface area contributed by atoms with Gasteiger partial charge in [-0.15, -0.1) is 23.1 Å². The molecule has 3 heterocycles. The number of aliphatic carboxylic acids is 2. The summed E-state index contributed by atoms with van der Waals surface area (Å²) in [5.74, 6) is -4.70. The first-order valence-corrected chi connectivity index (χ1v) is 13.2. The van der Waals surface area contributed by atoms with Crippen molar-refractivity contribution in [3.63, 3.8) is 0 Å². The number of rotatable bonds is 9. The van der Waals surface area contributed by atoms with Gasteiger partial charge in [0.1, 0.15) is 22.8 Å². The van der Waals surface area contributed by atoms with Crippen LogP contribution in [0, 0.1) is 0 Å². The van der Waals surface area contributed by atoms with Gasteiger partial charge in [0.15, 0.2) is 22.3 Å². The zero-order valence-corrected chi connectivity index (χ0v) is 22.1. The van der Waals surface area contributed by atoms with Gasteiger partial charge in [-0.3, -0.25) is 14.5 Å². The molecule has 206 valence electrons. The Hall–Kier alpha value is -4.31. The number of phenolic OH excluding ortho intramolecular Hbond substituents is 2. The highest BCUT2D eigenvalue weighted by Gasteiger charge is 2.54. The van der Waals surface area contributed by atoms with E-state index in [9.17, 15) is 39.6 Å². The van der Waals surface area contributed by atoms with Crippen LogP contribution in [0.2, 0.25) is 0 Å². The number of anilines is 1. The van der Waals surface area contributed by atoms with E-state index in [1.54, 1.807) is 0 Å². The van der Waals surface area contributed by atoms with E-state index in [1.807, 2.05) is 0 Å². The Labute approximate surface area is 228 Å². The summed E-state index contributed by atoms with van der Waals surface area (Å²) >= 11 is 2.24. The maximum atomic E-state index is 13.1. The molecule has 2 aliphatic rings. The Kier molecular flexibility index (Phi) is 7.43. The number of nitrogens with zero attached hydrogens (tertiary/aromatic N) is 3. The highest BCUT2D eigenvalue weighted by atomic mass is 32.2. The lowest BCUT2D eigenvalue weighted by Gasteiger charge is -2.49. The van der Waals surface area contributed by atoms with E-state index in [-0.39, 0.29) is 40.2 Å². The number of carboxylic acid groups (broad SMARTS) is 2. The third-order valence-electron chi connectivity index (χ3n) is 5.85. The molecule has 0 bridgehead atoms. The Morgan fingerprint density at radius 3 is 2.56 bits per heavy atom. The summed E-state index contributed by atoms with van der Waals surface area (Å²) in [6.07, 6.45) is 0.106. The van der Waals surface area contributed by atoms with Gasteiger partial charge in [-0.25, -0.2) is 14.6 Å². The predicted octanol–water partition coefficient (Wildman–Crippen LogP) is 0.702. The van der Waals surface area contributed by atoms with Gasteiger partial charge in [-0.1, -0.05) is 11.2 Å². The Morgan fingerprint density at radius 1 is 1.26 bits per heavy atom. The zero-order valence-electron chi connectivity index (χ0n) is 20.4. The third-order valence-corrected chi connectivity index (χ3v) is 7.87. The first-order chi connectivity index (χ1) is 18.3. The number of amides is 2. The monoisotopic (exact) mass is 577 g/mol. The number of thiazole rings is 1. The molecule has 0 radical (unpaired) electrons. The SMILES string of the molecule is CC(C)(ON=C(C(=O)NC1C(=O)N2C(C(=O)O)=C(Cc3ccc(O)c(O)c3)CS[C@@H]12)c1csc(N)n1)C(=O)O. The summed E-state index contributed by atoms with van der Waals surface area (Å²) in [6.45, 7) is 2.46. The van der Waals surface area contributed by atoms with Crippen LogP contribution in [0.15, 0.2) is 40.0 Å². The third kappa shape index (κ3) is 5.46. The van der Waals surface area contributed by atoms with Gasteiger partial charge in [0.2, 0.25) is 5.60 Å². The number of benzene rings is 1. The number of carboxylic acids is 2. The second-order valence-corrected chi connectivity index (χ2v) is 11.0. The lowest BCUT2D eigenvalue weighted by atomic mass is 9.98. The molecule has 1 unspecified atom stereocenters. The maximum absolute atomic E-state index is 13.1. The number of oxime groups is 1. The van der Waals surface area contributed by atoms with Crippen molar-refractivity contribution in [3.05, 3.63) is 46.1 Å². The molecule has 7 N–H and O–H groups in total. The largest absolute Gasteiger partial charge is 0.504 e. The number of carbonyl (C=O) groups is 4. The average molecular weight is 578 g/mol. The Morgan fingerprint density at radius 2 is 1.97 bits per heavy atom. The van der Waals surface area contributed by atoms with E-state index < -0.39 is 46.5 Å². The Bertz CT molecular complexity index is 1430. The van der Waals surface area contributed by atoms with E-state index >= 15 is 0 Å². The summed E-state index contributed by atoms with van der Waals surface area (Å²) in [4.78, 5) is 59.9. The van der Waals surface area contributed by atoms with E-state index in [0.29, 0.717) is 11.1 Å². The maximum Gasteiger partial charge on any atom is 0.352 e. The molecule has 0 saturated carbocycles. The number of carbonyl (C=O) groups excluding carboxylic acids is 2. The number of thioether (sulfide) groups is 1. The van der Waals surface area contributed by atoms with Crippen LogP contribution in [0.1, 0.15) is 25.1 Å². The fourth-order valence-electron chi connectivity index (χ4n) is 3.75. The van der Waals surface area contributed by atoms with Gasteiger partial charge in [-0.05, 0) is 43.5 Å². The smallest absolute Gasteiger partial charge is 0.352 e. The van der Waals surface area contributed by atoms with Crippen molar-refractivity contribution in [2.24, 2.45) is 5.16 Å². The first-order valence-electron chi connectivity index (χ1n) is 11.2. The zero-order chi connectivity index (χ0) is 28.6. The highest BCUT2D eigenvalue weighted by molar-refractivity contribution is 8.00. The number of hydrogen-bond acceptors (Lipinski definition) is 12. The molecule has 2 atom stereocenters. The highest BCUT2D eigenvalue weighted by Crippen LogP contribution is 2.41. The molecule has 0 spiro atoms. The van der Waals surface area contributed by atoms with Crippen molar-refractivity contribution in [1.82, 2.24) is 15.2 Å². The number of hydrogen-bond donors (Lipinski definition) is 6. The first kappa shape index (κ1) is 27.7. The van der Waals surface area contributed by atoms with E-state index in [2.05, 4.69) is 15.5 Å². The van der Waals surface area contributed by atoms with Gasteiger partial charge < -0.3 is 36.3 Å². The number of fused-ring (bicyclic) bond motifs is 1. The van der Waals surface area contributed by atoms with Crippen LogP contribution < -0.4 is 11.1 Å². The molecule has 16 heteroatoms. The van der Waals surface area contributed by atoms with Crippen molar-refractivity contribution >= 4 is 57.7 Å². The number of nitrogen functional groups attached to an aromatic ring is 1. The lowest BCUT2D eigenvalue weighted by Crippen LogP contribution is -2.71. The van der Waals surface area contributed by atoms with E-state index in [1.165, 1.54) is 49.2 Å². The van der Waals surface area contributed by atoms with Gasteiger partial charge in [0.05, 0.1) is 0 Å². The van der Waals surface area contributed by atoms with Gasteiger partial charge in [0, 0.05) is 11.1 Å². The topological polar surface area (TPSA) is 225 Å². The molecule has 0 aliphatic carbocycles. The molecule has 2 aliphatic heterocycles. The molecule has 1 aromatic heterocycles. The molecule has 4 rings (SSSR count). The van der Waals surface area contributed by atoms with Crippen molar-refractivity contribution in [2.45, 2.75) is 37.3 Å². The molecular formula is C23H23N5O9S2. The molecular weight excluding hydrogens is 554 g/mol. The minimum Gasteiger partial charge on any atom is -0.504 e. The minimum absolute atomic E-state index is 0.00155. The van der Waals surface area contributed by atoms with Crippen LogP contribution in [-0.2, 0) is 30.4 Å². The summed E-state index contributed by atoms with van der Waals surface area (Å²) in [6, 6.07) is 3.00. The second-order valence-electron chi connectivity index (χ2n) is 9.04. The summed E-state index contributed by atoms with van der Waals surface area (Å²) in [5, 5.41) is 45.4. The van der Waals surface area contributed by atoms with Crippen molar-refractivity contribution in [3.8, 4) is 11.5 Å². The molecule has 1 saturated heterocycles.